The zero-order valence-electron chi connectivity index (χ0n) is 17.5. The Bertz CT molecular complexity index is 1000. The van der Waals surface area contributed by atoms with Crippen LogP contribution in [-0.4, -0.2) is 22.3 Å². The van der Waals surface area contributed by atoms with Crippen LogP contribution in [0.3, 0.4) is 0 Å². The quantitative estimate of drug-likeness (QED) is 0.561. The van der Waals surface area contributed by atoms with Crippen molar-refractivity contribution in [3.8, 4) is 0 Å². The van der Waals surface area contributed by atoms with Gasteiger partial charge in [0.05, 0.1) is 0 Å². The maximum atomic E-state index is 13.5. The summed E-state index contributed by atoms with van der Waals surface area (Å²) >= 11 is 0. The molecule has 0 aliphatic rings. The topological polar surface area (TPSA) is 46.1 Å². The third kappa shape index (κ3) is 3.68. The second-order valence-corrected chi connectivity index (χ2v) is 7.25. The first kappa shape index (κ1) is 19.7. The summed E-state index contributed by atoms with van der Waals surface area (Å²) in [5, 5.41) is 0. The minimum Gasteiger partial charge on any atom is -0.326 e. The van der Waals surface area contributed by atoms with Crippen molar-refractivity contribution >= 4 is 17.3 Å². The van der Waals surface area contributed by atoms with Crippen molar-refractivity contribution in [2.24, 2.45) is 0 Å². The highest BCUT2D eigenvalue weighted by Crippen LogP contribution is 2.29. The molecule has 144 valence electrons. The van der Waals surface area contributed by atoms with Gasteiger partial charge in [-0.05, 0) is 64.8 Å². The van der Waals surface area contributed by atoms with Crippen LogP contribution in [0.2, 0.25) is 0 Å². The zero-order valence-corrected chi connectivity index (χ0v) is 17.5. The van der Waals surface area contributed by atoms with E-state index in [9.17, 15) is 4.79 Å². The first-order valence-electron chi connectivity index (χ1n) is 9.63. The van der Waals surface area contributed by atoms with Gasteiger partial charge in [-0.15, -0.1) is 0 Å². The van der Waals surface area contributed by atoms with Gasteiger partial charge in [0.25, 0.3) is 0 Å². The van der Waals surface area contributed by atoms with Crippen molar-refractivity contribution in [3.05, 3.63) is 81.8 Å². The summed E-state index contributed by atoms with van der Waals surface area (Å²) < 4.78 is 0. The third-order valence-corrected chi connectivity index (χ3v) is 4.99. The van der Waals surface area contributed by atoms with E-state index in [2.05, 4.69) is 33.9 Å². The number of rotatable bonds is 5. The van der Waals surface area contributed by atoms with Crippen LogP contribution in [0.5, 0.6) is 0 Å². The number of aryl methyl sites for hydroxylation is 4. The highest BCUT2D eigenvalue weighted by molar-refractivity contribution is 6.11. The molecule has 0 aliphatic carbocycles. The number of carbonyl (C=O) groups is 1. The maximum absolute atomic E-state index is 13.5. The Morgan fingerprint density at radius 1 is 0.929 bits per heavy atom. The fraction of sp³-hybridized carbons (Fsp3) is 0.292. The minimum atomic E-state index is -0.0386. The second-order valence-electron chi connectivity index (χ2n) is 7.25. The van der Waals surface area contributed by atoms with Gasteiger partial charge in [-0.25, -0.2) is 9.97 Å². The van der Waals surface area contributed by atoms with E-state index in [1.807, 2.05) is 65.0 Å². The Hall–Kier alpha value is -3.01. The van der Waals surface area contributed by atoms with Gasteiger partial charge in [0.15, 0.2) is 0 Å². The number of hydrogen-bond donors (Lipinski definition) is 0. The lowest BCUT2D eigenvalue weighted by atomic mass is 9.94. The molecule has 0 amide bonds. The molecule has 3 rings (SSSR count). The lowest BCUT2D eigenvalue weighted by Crippen LogP contribution is -2.22. The number of ketones is 1. The number of carbonyl (C=O) groups excluding carboxylic acids is 1. The molecule has 3 aromatic rings. The smallest absolute Gasteiger partial charge is 0.212 e. The largest absolute Gasteiger partial charge is 0.326 e. The van der Waals surface area contributed by atoms with Gasteiger partial charge in [-0.2, -0.15) is 0 Å². The third-order valence-electron chi connectivity index (χ3n) is 4.99. The van der Waals surface area contributed by atoms with Crippen molar-refractivity contribution in [1.29, 1.82) is 0 Å². The fourth-order valence-corrected chi connectivity index (χ4v) is 3.82. The molecule has 4 nitrogen and oxygen atoms in total. The van der Waals surface area contributed by atoms with Crippen molar-refractivity contribution < 1.29 is 4.79 Å². The second kappa shape index (κ2) is 7.93. The Balaban J connectivity index is 2.15. The number of aromatic nitrogens is 2. The molecule has 28 heavy (non-hydrogen) atoms. The zero-order chi connectivity index (χ0) is 20.4. The monoisotopic (exact) mass is 373 g/mol. The van der Waals surface area contributed by atoms with E-state index in [4.69, 9.17) is 0 Å². The number of para-hydroxylation sites is 1. The van der Waals surface area contributed by atoms with E-state index in [1.54, 1.807) is 0 Å². The van der Waals surface area contributed by atoms with E-state index < -0.39 is 0 Å². The van der Waals surface area contributed by atoms with E-state index in [1.165, 1.54) is 0 Å². The average molecular weight is 374 g/mol. The van der Waals surface area contributed by atoms with Crippen LogP contribution < -0.4 is 4.90 Å². The summed E-state index contributed by atoms with van der Waals surface area (Å²) in [5.41, 5.74) is 6.19. The molecule has 0 unspecified atom stereocenters. The summed E-state index contributed by atoms with van der Waals surface area (Å²) in [5.74, 6) is 1.34. The molecule has 0 fully saturated rings. The summed E-state index contributed by atoms with van der Waals surface area (Å²) in [6, 6.07) is 14.2. The Morgan fingerprint density at radius 2 is 1.54 bits per heavy atom. The van der Waals surface area contributed by atoms with Gasteiger partial charge < -0.3 is 4.90 Å². The molecule has 0 spiro atoms. The molecule has 2 aromatic carbocycles. The van der Waals surface area contributed by atoms with Crippen LogP contribution in [0.25, 0.3) is 0 Å². The van der Waals surface area contributed by atoms with Crippen LogP contribution in [0.4, 0.5) is 11.5 Å². The lowest BCUT2D eigenvalue weighted by Gasteiger charge is -2.25. The Morgan fingerprint density at radius 3 is 2.11 bits per heavy atom. The molecular weight excluding hydrogens is 346 g/mol. The lowest BCUT2D eigenvalue weighted by molar-refractivity contribution is 0.103. The predicted molar refractivity (Wildman–Crippen MR) is 115 cm³/mol. The van der Waals surface area contributed by atoms with Gasteiger partial charge in [-0.3, -0.25) is 4.79 Å². The maximum Gasteiger partial charge on any atom is 0.212 e. The highest BCUT2D eigenvalue weighted by Gasteiger charge is 2.23. The molecule has 0 saturated heterocycles. The highest BCUT2D eigenvalue weighted by atomic mass is 16.1. The van der Waals surface area contributed by atoms with Crippen LogP contribution in [0.1, 0.15) is 51.1 Å². The van der Waals surface area contributed by atoms with E-state index in [0.29, 0.717) is 11.5 Å². The van der Waals surface area contributed by atoms with E-state index >= 15 is 0 Å². The normalized spacial score (nSPS) is 10.8. The number of nitrogens with zero attached hydrogens (tertiary/aromatic N) is 3. The van der Waals surface area contributed by atoms with Crippen molar-refractivity contribution in [1.82, 2.24) is 9.97 Å². The van der Waals surface area contributed by atoms with E-state index in [0.717, 1.165) is 45.9 Å². The van der Waals surface area contributed by atoms with Crippen molar-refractivity contribution in [2.75, 3.05) is 11.4 Å². The molecule has 0 N–H and O–H groups in total. The predicted octanol–water partition coefficient (Wildman–Crippen LogP) is 5.41. The van der Waals surface area contributed by atoms with Crippen molar-refractivity contribution in [2.45, 2.75) is 41.5 Å². The summed E-state index contributed by atoms with van der Waals surface area (Å²) in [4.78, 5) is 24.8. The standard InChI is InChI=1S/C24H27N3O/c1-7-27(20-11-9-8-10-12-20)24-18(5)22(25-19(6)26-24)23(28)21-16(3)13-15(2)14-17(21)4/h8-14H,7H2,1-6H3. The van der Waals surface area contributed by atoms with Crippen molar-refractivity contribution in [3.63, 3.8) is 0 Å². The first-order chi connectivity index (χ1) is 13.3. The SMILES string of the molecule is CCN(c1ccccc1)c1nc(C)nc(C(=O)c2c(C)cc(C)cc2C)c1C. The molecule has 1 aromatic heterocycles. The van der Waals surface area contributed by atoms with Crippen LogP contribution >= 0.6 is 0 Å². The number of benzene rings is 2. The Kier molecular flexibility index (Phi) is 5.59. The molecule has 0 radical (unpaired) electrons. The van der Waals surface area contributed by atoms with Gasteiger partial charge >= 0.3 is 0 Å². The Labute approximate surface area is 167 Å². The van der Waals surface area contributed by atoms with E-state index in [-0.39, 0.29) is 5.78 Å². The molecule has 0 bridgehead atoms. The molecular formula is C24H27N3O. The van der Waals surface area contributed by atoms with Crippen LogP contribution in [0.15, 0.2) is 42.5 Å². The van der Waals surface area contributed by atoms with Gasteiger partial charge in [0.1, 0.15) is 17.3 Å². The fourth-order valence-electron chi connectivity index (χ4n) is 3.82. The van der Waals surface area contributed by atoms with Crippen LogP contribution in [-0.2, 0) is 0 Å². The van der Waals surface area contributed by atoms with Crippen LogP contribution in [0, 0.1) is 34.6 Å². The number of hydrogen-bond acceptors (Lipinski definition) is 4. The van der Waals surface area contributed by atoms with Gasteiger partial charge in [0, 0.05) is 23.4 Å². The summed E-state index contributed by atoms with van der Waals surface area (Å²) in [6.07, 6.45) is 0. The molecule has 0 aliphatic heterocycles. The minimum absolute atomic E-state index is 0.0386. The summed E-state index contributed by atoms with van der Waals surface area (Å²) in [6.45, 7) is 12.6. The average Bonchev–Trinajstić information content (AvgIpc) is 2.64. The molecule has 0 saturated carbocycles. The van der Waals surface area contributed by atoms with Gasteiger partial charge in [-0.1, -0.05) is 35.9 Å². The molecule has 1 heterocycles. The molecule has 4 heteroatoms. The first-order valence-corrected chi connectivity index (χ1v) is 9.63. The molecule has 0 atom stereocenters. The number of anilines is 2. The van der Waals surface area contributed by atoms with Gasteiger partial charge in [0.2, 0.25) is 5.78 Å². The summed E-state index contributed by atoms with van der Waals surface area (Å²) in [7, 11) is 0.